The average molecular weight is 689 g/mol. The van der Waals surface area contributed by atoms with Crippen molar-refractivity contribution in [3.8, 4) is 0 Å². The molecule has 0 aromatic rings. The molecule has 0 rings (SSSR count). The van der Waals surface area contributed by atoms with Gasteiger partial charge in [0, 0.05) is 12.8 Å². The molecule has 0 fully saturated rings. The van der Waals surface area contributed by atoms with Crippen molar-refractivity contribution in [2.45, 2.75) is 206 Å². The van der Waals surface area contributed by atoms with Crippen LogP contribution in [0.15, 0.2) is 36.5 Å². The highest BCUT2D eigenvalue weighted by molar-refractivity contribution is 5.83. The summed E-state index contributed by atoms with van der Waals surface area (Å²) in [6.45, 7) is 4.86. The minimum atomic E-state index is -1.02. The van der Waals surface area contributed by atoms with E-state index in [0.717, 1.165) is 51.4 Å². The van der Waals surface area contributed by atoms with Gasteiger partial charge in [-0.3, -0.25) is 9.59 Å². The molecule has 0 bridgehead atoms. The van der Waals surface area contributed by atoms with Gasteiger partial charge in [-0.15, -0.1) is 0 Å². The van der Waals surface area contributed by atoms with E-state index in [1.165, 1.54) is 96.3 Å². The maximum absolute atomic E-state index is 12.7. The standard InChI is InChI=1S/C42H76N2O5/c1-3-5-7-9-11-12-13-14-15-16-17-18-19-20-22-24-30-36-41(46)49-38(32-27-23-21-10-8-6-4-2)33-28-25-26-29-35-40(45)44-39(42(47)48)34-31-37-43/h10,14-15,21,27,32,38-39H,3-9,11-13,16-20,22-26,28-31,33-37,43H2,1-2H3,(H,44,45)(H,47,48)/b15-14-,21-10-,32-27-. The number of unbranched alkanes of at least 4 members (excludes halogenated alkanes) is 18. The van der Waals surface area contributed by atoms with Gasteiger partial charge in [-0.1, -0.05) is 134 Å². The number of nitrogens with two attached hydrogens (primary N) is 1. The highest BCUT2D eigenvalue weighted by Crippen LogP contribution is 2.15. The third-order valence-electron chi connectivity index (χ3n) is 8.91. The van der Waals surface area contributed by atoms with Gasteiger partial charge in [-0.05, 0) is 89.7 Å². The van der Waals surface area contributed by atoms with Crippen LogP contribution in [0.1, 0.15) is 194 Å². The van der Waals surface area contributed by atoms with Crippen molar-refractivity contribution in [2.75, 3.05) is 6.54 Å². The Morgan fingerprint density at radius 2 is 1.14 bits per heavy atom. The van der Waals surface area contributed by atoms with Crippen LogP contribution >= 0.6 is 0 Å². The van der Waals surface area contributed by atoms with E-state index in [9.17, 15) is 19.5 Å². The topological polar surface area (TPSA) is 119 Å². The van der Waals surface area contributed by atoms with E-state index in [2.05, 4.69) is 49.5 Å². The van der Waals surface area contributed by atoms with Gasteiger partial charge in [-0.2, -0.15) is 0 Å². The molecular weight excluding hydrogens is 612 g/mol. The van der Waals surface area contributed by atoms with Crippen molar-refractivity contribution < 1.29 is 24.2 Å². The fourth-order valence-corrected chi connectivity index (χ4v) is 5.79. The zero-order valence-electron chi connectivity index (χ0n) is 31.8. The SMILES string of the molecule is CCCC/C=C\C/C=C\C(CCCCCCC(=O)NC(CCCN)C(=O)O)OC(=O)CCCCCCCCC/C=C\CCCCCCCC. The second-order valence-corrected chi connectivity index (χ2v) is 13.7. The van der Waals surface area contributed by atoms with Crippen molar-refractivity contribution in [1.29, 1.82) is 0 Å². The number of rotatable bonds is 36. The van der Waals surface area contributed by atoms with E-state index in [-0.39, 0.29) is 18.0 Å². The van der Waals surface area contributed by atoms with Crippen LogP contribution in [0.3, 0.4) is 0 Å². The van der Waals surface area contributed by atoms with Crippen LogP contribution in [0.25, 0.3) is 0 Å². The Morgan fingerprint density at radius 3 is 1.76 bits per heavy atom. The van der Waals surface area contributed by atoms with Crippen molar-refractivity contribution >= 4 is 17.8 Å². The van der Waals surface area contributed by atoms with E-state index in [4.69, 9.17) is 10.5 Å². The van der Waals surface area contributed by atoms with Crippen LogP contribution in [-0.4, -0.2) is 41.6 Å². The molecule has 7 nitrogen and oxygen atoms in total. The molecule has 0 aromatic carbocycles. The van der Waals surface area contributed by atoms with Gasteiger partial charge in [0.1, 0.15) is 12.1 Å². The van der Waals surface area contributed by atoms with Crippen LogP contribution in [0, 0.1) is 0 Å². The summed E-state index contributed by atoms with van der Waals surface area (Å²) in [5.41, 5.74) is 5.47. The summed E-state index contributed by atoms with van der Waals surface area (Å²) >= 11 is 0. The zero-order chi connectivity index (χ0) is 36.0. The van der Waals surface area contributed by atoms with Gasteiger partial charge in [-0.25, -0.2) is 4.79 Å². The summed E-state index contributed by atoms with van der Waals surface area (Å²) in [5, 5.41) is 11.9. The highest BCUT2D eigenvalue weighted by atomic mass is 16.5. The smallest absolute Gasteiger partial charge is 0.326 e. The number of carbonyl (C=O) groups is 3. The molecule has 7 heteroatoms. The Balaban J connectivity index is 4.23. The van der Waals surface area contributed by atoms with Gasteiger partial charge < -0.3 is 20.9 Å². The quantitative estimate of drug-likeness (QED) is 0.0342. The molecule has 0 aromatic heterocycles. The molecule has 0 saturated heterocycles. The Kier molecular flexibility index (Phi) is 35.0. The molecule has 2 atom stereocenters. The minimum Gasteiger partial charge on any atom is -0.480 e. The number of aliphatic carboxylic acids is 1. The van der Waals surface area contributed by atoms with Gasteiger partial charge in [0.25, 0.3) is 0 Å². The Hall–Kier alpha value is -2.41. The Bertz CT molecular complexity index is 869. The lowest BCUT2D eigenvalue weighted by Crippen LogP contribution is -2.40. The number of ether oxygens (including phenoxy) is 1. The van der Waals surface area contributed by atoms with Crippen LogP contribution in [0.4, 0.5) is 0 Å². The summed E-state index contributed by atoms with van der Waals surface area (Å²) in [6.07, 6.45) is 42.1. The second-order valence-electron chi connectivity index (χ2n) is 13.7. The molecule has 0 aliphatic heterocycles. The largest absolute Gasteiger partial charge is 0.480 e. The number of amides is 1. The number of nitrogens with one attached hydrogen (secondary N) is 1. The summed E-state index contributed by atoms with van der Waals surface area (Å²) in [6, 6.07) is -0.873. The van der Waals surface area contributed by atoms with Gasteiger partial charge in [0.15, 0.2) is 0 Å². The van der Waals surface area contributed by atoms with Gasteiger partial charge in [0.2, 0.25) is 5.91 Å². The summed E-state index contributed by atoms with van der Waals surface area (Å²) in [5.74, 6) is -1.36. The highest BCUT2D eigenvalue weighted by Gasteiger charge is 2.19. The molecule has 0 saturated carbocycles. The summed E-state index contributed by atoms with van der Waals surface area (Å²) in [4.78, 5) is 36.2. The first-order valence-electron chi connectivity index (χ1n) is 20.3. The number of carbonyl (C=O) groups excluding carboxylic acids is 2. The lowest BCUT2D eigenvalue weighted by molar-refractivity contribution is -0.147. The maximum Gasteiger partial charge on any atom is 0.326 e. The number of allylic oxidation sites excluding steroid dienone is 5. The monoisotopic (exact) mass is 689 g/mol. The fraction of sp³-hybridized carbons (Fsp3) is 0.786. The molecule has 0 radical (unpaired) electrons. The predicted octanol–water partition coefficient (Wildman–Crippen LogP) is 11.1. The molecule has 0 spiro atoms. The molecule has 0 heterocycles. The number of hydrogen-bond donors (Lipinski definition) is 3. The number of carboxylic acids is 1. The molecule has 49 heavy (non-hydrogen) atoms. The van der Waals surface area contributed by atoms with Crippen LogP contribution < -0.4 is 11.1 Å². The molecule has 2 unspecified atom stereocenters. The number of carboxylic acid groups (broad SMARTS) is 1. The van der Waals surface area contributed by atoms with Gasteiger partial charge in [0.05, 0.1) is 0 Å². The molecule has 0 aliphatic carbocycles. The molecule has 4 N–H and O–H groups in total. The Labute approximate surface area is 301 Å². The van der Waals surface area contributed by atoms with Crippen LogP contribution in [-0.2, 0) is 19.1 Å². The van der Waals surface area contributed by atoms with E-state index in [1.807, 2.05) is 6.08 Å². The van der Waals surface area contributed by atoms with E-state index in [1.54, 1.807) is 0 Å². The minimum absolute atomic E-state index is 0.111. The first-order chi connectivity index (χ1) is 23.9. The van der Waals surface area contributed by atoms with Crippen molar-refractivity contribution in [1.82, 2.24) is 5.32 Å². The maximum atomic E-state index is 12.7. The van der Waals surface area contributed by atoms with Crippen molar-refractivity contribution in [3.63, 3.8) is 0 Å². The lowest BCUT2D eigenvalue weighted by atomic mass is 10.1. The summed E-state index contributed by atoms with van der Waals surface area (Å²) in [7, 11) is 0. The van der Waals surface area contributed by atoms with E-state index in [0.29, 0.717) is 38.6 Å². The lowest BCUT2D eigenvalue weighted by Gasteiger charge is -2.15. The summed E-state index contributed by atoms with van der Waals surface area (Å²) < 4.78 is 5.88. The molecule has 1 amide bonds. The zero-order valence-corrected chi connectivity index (χ0v) is 31.8. The third-order valence-corrected chi connectivity index (χ3v) is 8.91. The van der Waals surface area contributed by atoms with Crippen LogP contribution in [0.5, 0.6) is 0 Å². The third kappa shape index (κ3) is 33.8. The normalized spacial score (nSPS) is 13.0. The first kappa shape index (κ1) is 46.6. The van der Waals surface area contributed by atoms with Crippen LogP contribution in [0.2, 0.25) is 0 Å². The Morgan fingerprint density at radius 1 is 0.612 bits per heavy atom. The average Bonchev–Trinajstić information content (AvgIpc) is 3.08. The number of esters is 1. The van der Waals surface area contributed by atoms with Gasteiger partial charge >= 0.3 is 11.9 Å². The van der Waals surface area contributed by atoms with Crippen molar-refractivity contribution in [3.05, 3.63) is 36.5 Å². The second kappa shape index (κ2) is 36.9. The molecule has 0 aliphatic rings. The predicted molar refractivity (Wildman–Crippen MR) is 207 cm³/mol. The molecule has 284 valence electrons. The molecular formula is C42H76N2O5. The van der Waals surface area contributed by atoms with E-state index < -0.39 is 12.0 Å². The fourth-order valence-electron chi connectivity index (χ4n) is 5.79. The van der Waals surface area contributed by atoms with E-state index >= 15 is 0 Å². The first-order valence-corrected chi connectivity index (χ1v) is 20.3. The number of hydrogen-bond acceptors (Lipinski definition) is 5. The van der Waals surface area contributed by atoms with Crippen molar-refractivity contribution in [2.24, 2.45) is 5.73 Å².